The Balaban J connectivity index is 1.92. The number of ketones is 1. The van der Waals surface area contributed by atoms with Gasteiger partial charge in [-0.1, -0.05) is 6.92 Å². The van der Waals surface area contributed by atoms with Crippen LogP contribution < -0.4 is 0 Å². The molecule has 2 rings (SSSR count). The Hall–Kier alpha value is -1.29. The fourth-order valence-electron chi connectivity index (χ4n) is 2.89. The van der Waals surface area contributed by atoms with Crippen LogP contribution in [0, 0.1) is 17.6 Å². The lowest BCUT2D eigenvalue weighted by Gasteiger charge is -2.36. The molecule has 0 bridgehead atoms. The quantitative estimate of drug-likeness (QED) is 0.785. The summed E-state index contributed by atoms with van der Waals surface area (Å²) in [7, 11) is 0. The lowest BCUT2D eigenvalue weighted by Crippen LogP contribution is -2.41. The highest BCUT2D eigenvalue weighted by molar-refractivity contribution is 5.96. The molecule has 1 fully saturated rings. The second kappa shape index (κ2) is 6.44. The number of Topliss-reactive ketones (excluding diaryl/α,β-unsaturated/α-hetero) is 1. The second-order valence-electron chi connectivity index (χ2n) is 5.85. The van der Waals surface area contributed by atoms with Crippen molar-refractivity contribution < 1.29 is 13.6 Å². The highest BCUT2D eigenvalue weighted by atomic mass is 19.1. The summed E-state index contributed by atoms with van der Waals surface area (Å²) in [4.78, 5) is 14.3. The van der Waals surface area contributed by atoms with E-state index in [1.165, 1.54) is 0 Å². The standard InChI is InChI=1S/C16H21F2NO/c1-11-3-5-19(12(2)7-11)6-4-16(20)13-8-14(17)10-15(18)9-13/h8-12H,3-7H2,1-2H3. The molecule has 0 aromatic heterocycles. The second-order valence-corrected chi connectivity index (χ2v) is 5.85. The zero-order valence-electron chi connectivity index (χ0n) is 12.0. The number of rotatable bonds is 4. The molecule has 1 heterocycles. The van der Waals surface area contributed by atoms with Gasteiger partial charge in [0.2, 0.25) is 0 Å². The van der Waals surface area contributed by atoms with Gasteiger partial charge in [-0.2, -0.15) is 0 Å². The largest absolute Gasteiger partial charge is 0.300 e. The summed E-state index contributed by atoms with van der Waals surface area (Å²) in [6, 6.07) is 3.46. The lowest BCUT2D eigenvalue weighted by atomic mass is 9.93. The van der Waals surface area contributed by atoms with Crippen molar-refractivity contribution >= 4 is 5.78 Å². The fraction of sp³-hybridized carbons (Fsp3) is 0.562. The molecule has 20 heavy (non-hydrogen) atoms. The summed E-state index contributed by atoms with van der Waals surface area (Å²) in [5, 5.41) is 0. The van der Waals surface area contributed by atoms with Crippen LogP contribution >= 0.6 is 0 Å². The molecule has 0 radical (unpaired) electrons. The van der Waals surface area contributed by atoms with Crippen LogP contribution in [0.4, 0.5) is 8.78 Å². The summed E-state index contributed by atoms with van der Waals surface area (Å²) in [5.74, 6) is -0.870. The van der Waals surface area contributed by atoms with Gasteiger partial charge in [0, 0.05) is 30.6 Å². The number of piperidine rings is 1. The minimum absolute atomic E-state index is 0.125. The van der Waals surface area contributed by atoms with E-state index in [1.807, 2.05) is 0 Å². The predicted octanol–water partition coefficient (Wildman–Crippen LogP) is 3.66. The molecule has 110 valence electrons. The van der Waals surface area contributed by atoms with Gasteiger partial charge in [0.25, 0.3) is 0 Å². The number of nitrogens with zero attached hydrogens (tertiary/aromatic N) is 1. The van der Waals surface area contributed by atoms with Crippen LogP contribution in [0.15, 0.2) is 18.2 Å². The van der Waals surface area contributed by atoms with Gasteiger partial charge in [-0.3, -0.25) is 4.79 Å². The van der Waals surface area contributed by atoms with Crippen molar-refractivity contribution in [3.63, 3.8) is 0 Å². The Morgan fingerprint density at radius 3 is 2.50 bits per heavy atom. The molecule has 2 unspecified atom stereocenters. The summed E-state index contributed by atoms with van der Waals surface area (Å²) < 4.78 is 26.2. The van der Waals surface area contributed by atoms with Gasteiger partial charge in [-0.25, -0.2) is 8.78 Å². The number of halogens is 2. The van der Waals surface area contributed by atoms with Crippen molar-refractivity contribution in [2.45, 2.75) is 39.2 Å². The first-order valence-electron chi connectivity index (χ1n) is 7.19. The highest BCUT2D eigenvalue weighted by Gasteiger charge is 2.23. The average molecular weight is 281 g/mol. The van der Waals surface area contributed by atoms with E-state index in [0.29, 0.717) is 19.0 Å². The zero-order valence-corrected chi connectivity index (χ0v) is 12.0. The first kappa shape index (κ1) is 15.1. The van der Waals surface area contributed by atoms with Gasteiger partial charge in [0.1, 0.15) is 11.6 Å². The molecule has 0 spiro atoms. The van der Waals surface area contributed by atoms with Crippen LogP contribution in [0.2, 0.25) is 0 Å². The van der Waals surface area contributed by atoms with Gasteiger partial charge in [-0.05, 0) is 44.4 Å². The molecule has 4 heteroatoms. The maximum Gasteiger partial charge on any atom is 0.164 e. The summed E-state index contributed by atoms with van der Waals surface area (Å²) in [5.41, 5.74) is 0.125. The van der Waals surface area contributed by atoms with E-state index in [9.17, 15) is 13.6 Å². The molecule has 2 atom stereocenters. The summed E-state index contributed by atoms with van der Waals surface area (Å²) in [6.45, 7) is 6.06. The topological polar surface area (TPSA) is 20.3 Å². The normalized spacial score (nSPS) is 23.8. The molecular formula is C16H21F2NO. The third-order valence-corrected chi connectivity index (χ3v) is 4.09. The lowest BCUT2D eigenvalue weighted by molar-refractivity contribution is 0.0909. The van der Waals surface area contributed by atoms with Crippen molar-refractivity contribution in [3.8, 4) is 0 Å². The van der Waals surface area contributed by atoms with Crippen molar-refractivity contribution in [1.29, 1.82) is 0 Å². The van der Waals surface area contributed by atoms with E-state index in [4.69, 9.17) is 0 Å². The maximum atomic E-state index is 13.1. The van der Waals surface area contributed by atoms with Gasteiger partial charge in [0.15, 0.2) is 5.78 Å². The number of hydrogen-bond acceptors (Lipinski definition) is 2. The Morgan fingerprint density at radius 2 is 1.90 bits per heavy atom. The van der Waals surface area contributed by atoms with Crippen LogP contribution in [0.1, 0.15) is 43.5 Å². The van der Waals surface area contributed by atoms with E-state index in [2.05, 4.69) is 18.7 Å². The molecule has 0 aliphatic carbocycles. The number of likely N-dealkylation sites (tertiary alicyclic amines) is 1. The number of benzene rings is 1. The monoisotopic (exact) mass is 281 g/mol. The predicted molar refractivity (Wildman–Crippen MR) is 74.7 cm³/mol. The number of carbonyl (C=O) groups is 1. The Bertz CT molecular complexity index is 469. The highest BCUT2D eigenvalue weighted by Crippen LogP contribution is 2.22. The van der Waals surface area contributed by atoms with Gasteiger partial charge in [0.05, 0.1) is 0 Å². The molecule has 0 saturated carbocycles. The van der Waals surface area contributed by atoms with Gasteiger partial charge >= 0.3 is 0 Å². The van der Waals surface area contributed by atoms with E-state index < -0.39 is 11.6 Å². The van der Waals surface area contributed by atoms with E-state index >= 15 is 0 Å². The average Bonchev–Trinajstić information content (AvgIpc) is 2.36. The maximum absolute atomic E-state index is 13.1. The SMILES string of the molecule is CC1CCN(CCC(=O)c2cc(F)cc(F)c2)C(C)C1. The molecule has 1 aliphatic heterocycles. The first-order valence-corrected chi connectivity index (χ1v) is 7.19. The third-order valence-electron chi connectivity index (χ3n) is 4.09. The van der Waals surface area contributed by atoms with E-state index in [0.717, 1.165) is 43.5 Å². The summed E-state index contributed by atoms with van der Waals surface area (Å²) >= 11 is 0. The molecule has 0 N–H and O–H groups in total. The minimum atomic E-state index is -0.700. The zero-order chi connectivity index (χ0) is 14.7. The molecule has 2 nitrogen and oxygen atoms in total. The third kappa shape index (κ3) is 3.85. The van der Waals surface area contributed by atoms with Gasteiger partial charge in [-0.15, -0.1) is 0 Å². The number of carbonyl (C=O) groups excluding carboxylic acids is 1. The van der Waals surface area contributed by atoms with E-state index in [-0.39, 0.29) is 11.3 Å². The molecule has 1 aromatic carbocycles. The smallest absolute Gasteiger partial charge is 0.164 e. The van der Waals surface area contributed by atoms with Crippen molar-refractivity contribution in [3.05, 3.63) is 35.4 Å². The van der Waals surface area contributed by atoms with Crippen LogP contribution in [0.25, 0.3) is 0 Å². The van der Waals surface area contributed by atoms with Crippen LogP contribution in [-0.4, -0.2) is 29.8 Å². The Labute approximate surface area is 118 Å². The number of hydrogen-bond donors (Lipinski definition) is 0. The minimum Gasteiger partial charge on any atom is -0.300 e. The molecule has 1 aliphatic rings. The summed E-state index contributed by atoms with van der Waals surface area (Å²) in [6.07, 6.45) is 2.59. The molecular weight excluding hydrogens is 260 g/mol. The van der Waals surface area contributed by atoms with Crippen molar-refractivity contribution in [2.24, 2.45) is 5.92 Å². The molecule has 1 saturated heterocycles. The van der Waals surface area contributed by atoms with Crippen LogP contribution in [0.3, 0.4) is 0 Å². The van der Waals surface area contributed by atoms with Crippen LogP contribution in [-0.2, 0) is 0 Å². The Kier molecular flexibility index (Phi) is 4.86. The molecule has 1 aromatic rings. The molecule has 0 amide bonds. The Morgan fingerprint density at radius 1 is 1.25 bits per heavy atom. The van der Waals surface area contributed by atoms with Crippen LogP contribution in [0.5, 0.6) is 0 Å². The fourth-order valence-corrected chi connectivity index (χ4v) is 2.89. The van der Waals surface area contributed by atoms with Gasteiger partial charge < -0.3 is 4.90 Å². The first-order chi connectivity index (χ1) is 9.45. The van der Waals surface area contributed by atoms with Crippen molar-refractivity contribution in [2.75, 3.05) is 13.1 Å². The van der Waals surface area contributed by atoms with Crippen molar-refractivity contribution in [1.82, 2.24) is 4.90 Å². The van der Waals surface area contributed by atoms with E-state index in [1.54, 1.807) is 0 Å².